The van der Waals surface area contributed by atoms with Crippen molar-refractivity contribution in [2.45, 2.75) is 17.6 Å². The van der Waals surface area contributed by atoms with Gasteiger partial charge in [-0.25, -0.2) is 0 Å². The molecular formula is C14H13Cl2NOS. The average Bonchev–Trinajstić information content (AvgIpc) is 2.37. The standard InChI is InChI=1S/C14H13Cl2NOS/c1-9-13(17)3-2-4-14(9)19(18)8-10-7-11(15)5-6-12(10)16/h2-7H,8,17H2,1H3. The van der Waals surface area contributed by atoms with Gasteiger partial charge in [-0.15, -0.1) is 0 Å². The molecule has 2 aromatic rings. The Morgan fingerprint density at radius 2 is 1.95 bits per heavy atom. The molecule has 0 radical (unpaired) electrons. The van der Waals surface area contributed by atoms with E-state index in [1.807, 2.05) is 13.0 Å². The van der Waals surface area contributed by atoms with Crippen molar-refractivity contribution in [2.24, 2.45) is 0 Å². The quantitative estimate of drug-likeness (QED) is 0.863. The van der Waals surface area contributed by atoms with Crippen LogP contribution >= 0.6 is 23.2 Å². The number of halogens is 2. The molecule has 5 heteroatoms. The molecule has 100 valence electrons. The summed E-state index contributed by atoms with van der Waals surface area (Å²) in [6.45, 7) is 1.86. The van der Waals surface area contributed by atoms with E-state index in [2.05, 4.69) is 0 Å². The fourth-order valence-corrected chi connectivity index (χ4v) is 3.58. The van der Waals surface area contributed by atoms with E-state index >= 15 is 0 Å². The number of rotatable bonds is 3. The van der Waals surface area contributed by atoms with Gasteiger partial charge in [-0.2, -0.15) is 0 Å². The first-order chi connectivity index (χ1) is 8.99. The predicted molar refractivity (Wildman–Crippen MR) is 82.2 cm³/mol. The van der Waals surface area contributed by atoms with E-state index in [9.17, 15) is 4.21 Å². The Morgan fingerprint density at radius 1 is 1.21 bits per heavy atom. The average molecular weight is 314 g/mol. The zero-order valence-corrected chi connectivity index (χ0v) is 12.6. The van der Waals surface area contributed by atoms with Gasteiger partial charge in [0.2, 0.25) is 0 Å². The lowest BCUT2D eigenvalue weighted by Crippen LogP contribution is -2.01. The smallest absolute Gasteiger partial charge is 0.0578 e. The predicted octanol–water partition coefficient (Wildman–Crippen LogP) is 4.19. The molecule has 0 aliphatic heterocycles. The van der Waals surface area contributed by atoms with Gasteiger partial charge in [-0.1, -0.05) is 29.3 Å². The number of hydrogen-bond donors (Lipinski definition) is 1. The summed E-state index contributed by atoms with van der Waals surface area (Å²) < 4.78 is 12.4. The highest BCUT2D eigenvalue weighted by Gasteiger charge is 2.12. The second-order valence-electron chi connectivity index (χ2n) is 4.20. The van der Waals surface area contributed by atoms with E-state index in [0.717, 1.165) is 16.0 Å². The molecule has 2 nitrogen and oxygen atoms in total. The molecule has 2 N–H and O–H groups in total. The Hall–Kier alpha value is -1.03. The summed E-state index contributed by atoms with van der Waals surface area (Å²) in [7, 11) is -1.20. The first-order valence-electron chi connectivity index (χ1n) is 5.66. The molecule has 2 aromatic carbocycles. The van der Waals surface area contributed by atoms with E-state index in [-0.39, 0.29) is 0 Å². The third-order valence-electron chi connectivity index (χ3n) is 2.87. The zero-order chi connectivity index (χ0) is 14.0. The Morgan fingerprint density at radius 3 is 2.68 bits per heavy atom. The zero-order valence-electron chi connectivity index (χ0n) is 10.3. The van der Waals surface area contributed by atoms with Gasteiger partial charge in [-0.3, -0.25) is 4.21 Å². The van der Waals surface area contributed by atoms with Gasteiger partial charge in [0.25, 0.3) is 0 Å². The van der Waals surface area contributed by atoms with Crippen molar-refractivity contribution in [3.05, 3.63) is 57.6 Å². The van der Waals surface area contributed by atoms with E-state index < -0.39 is 10.8 Å². The van der Waals surface area contributed by atoms with E-state index in [1.165, 1.54) is 0 Å². The third-order valence-corrected chi connectivity index (χ3v) is 4.98. The minimum absolute atomic E-state index is 0.323. The van der Waals surface area contributed by atoms with Crippen molar-refractivity contribution < 1.29 is 4.21 Å². The van der Waals surface area contributed by atoms with Crippen LogP contribution in [0.25, 0.3) is 0 Å². The lowest BCUT2D eigenvalue weighted by molar-refractivity contribution is 0.682. The van der Waals surface area contributed by atoms with Crippen LogP contribution in [0.15, 0.2) is 41.3 Å². The van der Waals surface area contributed by atoms with Crippen molar-refractivity contribution in [2.75, 3.05) is 5.73 Å². The molecule has 0 aromatic heterocycles. The van der Waals surface area contributed by atoms with Crippen molar-refractivity contribution >= 4 is 39.7 Å². The van der Waals surface area contributed by atoms with Crippen LogP contribution in [0.3, 0.4) is 0 Å². The Balaban J connectivity index is 2.31. The monoisotopic (exact) mass is 313 g/mol. The maximum Gasteiger partial charge on any atom is 0.0578 e. The number of anilines is 1. The first kappa shape index (κ1) is 14.4. The molecule has 0 heterocycles. The number of nitrogens with two attached hydrogens (primary N) is 1. The van der Waals surface area contributed by atoms with Gasteiger partial charge in [-0.05, 0) is 48.4 Å². The highest BCUT2D eigenvalue weighted by molar-refractivity contribution is 7.84. The molecule has 0 saturated carbocycles. The number of benzene rings is 2. The van der Waals surface area contributed by atoms with Crippen LogP contribution in [-0.2, 0) is 16.6 Å². The largest absolute Gasteiger partial charge is 0.398 e. The fourth-order valence-electron chi connectivity index (χ4n) is 1.75. The van der Waals surface area contributed by atoms with E-state index in [4.69, 9.17) is 28.9 Å². The topological polar surface area (TPSA) is 43.1 Å². The molecule has 0 bridgehead atoms. The van der Waals surface area contributed by atoms with Crippen LogP contribution in [0.2, 0.25) is 10.0 Å². The Kier molecular flexibility index (Phi) is 4.50. The van der Waals surface area contributed by atoms with Crippen LogP contribution in [0.4, 0.5) is 5.69 Å². The molecule has 1 atom stereocenters. The van der Waals surface area contributed by atoms with Crippen LogP contribution < -0.4 is 5.73 Å². The van der Waals surface area contributed by atoms with Gasteiger partial charge < -0.3 is 5.73 Å². The van der Waals surface area contributed by atoms with Gasteiger partial charge in [0.1, 0.15) is 0 Å². The van der Waals surface area contributed by atoms with E-state index in [1.54, 1.807) is 30.3 Å². The summed E-state index contributed by atoms with van der Waals surface area (Å²) in [5.41, 5.74) is 8.08. The molecule has 19 heavy (non-hydrogen) atoms. The second-order valence-corrected chi connectivity index (χ2v) is 6.46. The molecule has 0 aliphatic carbocycles. The number of nitrogen functional groups attached to an aromatic ring is 1. The second kappa shape index (κ2) is 5.95. The third kappa shape index (κ3) is 3.30. The van der Waals surface area contributed by atoms with E-state index in [0.29, 0.717) is 21.5 Å². The normalized spacial score (nSPS) is 12.4. The van der Waals surface area contributed by atoms with Crippen molar-refractivity contribution in [3.63, 3.8) is 0 Å². The van der Waals surface area contributed by atoms with Crippen LogP contribution in [0, 0.1) is 6.92 Å². The first-order valence-corrected chi connectivity index (χ1v) is 7.74. The van der Waals surface area contributed by atoms with Gasteiger partial charge in [0.05, 0.1) is 16.6 Å². The number of hydrogen-bond acceptors (Lipinski definition) is 2. The summed E-state index contributed by atoms with van der Waals surface area (Å²) >= 11 is 12.0. The van der Waals surface area contributed by atoms with Gasteiger partial charge in [0, 0.05) is 20.6 Å². The SMILES string of the molecule is Cc1c(N)cccc1S(=O)Cc1cc(Cl)ccc1Cl. The Labute approximate surface area is 125 Å². The van der Waals surface area contributed by atoms with Gasteiger partial charge >= 0.3 is 0 Å². The van der Waals surface area contributed by atoms with Gasteiger partial charge in [0.15, 0.2) is 0 Å². The molecule has 0 saturated heterocycles. The van der Waals surface area contributed by atoms with Crippen molar-refractivity contribution in [3.8, 4) is 0 Å². The maximum absolute atomic E-state index is 12.4. The minimum Gasteiger partial charge on any atom is -0.398 e. The molecule has 2 rings (SSSR count). The highest BCUT2D eigenvalue weighted by Crippen LogP contribution is 2.26. The summed E-state index contributed by atoms with van der Waals surface area (Å²) in [6, 6.07) is 10.6. The lowest BCUT2D eigenvalue weighted by atomic mass is 10.2. The van der Waals surface area contributed by atoms with Crippen LogP contribution in [-0.4, -0.2) is 4.21 Å². The molecule has 0 amide bonds. The molecule has 0 aliphatic rings. The van der Waals surface area contributed by atoms with Crippen molar-refractivity contribution in [1.82, 2.24) is 0 Å². The maximum atomic E-state index is 12.4. The molecular weight excluding hydrogens is 301 g/mol. The van der Waals surface area contributed by atoms with Crippen LogP contribution in [0.1, 0.15) is 11.1 Å². The van der Waals surface area contributed by atoms with Crippen LogP contribution in [0.5, 0.6) is 0 Å². The molecule has 0 spiro atoms. The molecule has 1 unspecified atom stereocenters. The highest BCUT2D eigenvalue weighted by atomic mass is 35.5. The Bertz CT molecular complexity index is 643. The van der Waals surface area contributed by atoms with Crippen molar-refractivity contribution in [1.29, 1.82) is 0 Å². The summed E-state index contributed by atoms with van der Waals surface area (Å²) in [6.07, 6.45) is 0. The summed E-state index contributed by atoms with van der Waals surface area (Å²) in [4.78, 5) is 0.732. The summed E-state index contributed by atoms with van der Waals surface area (Å²) in [5.74, 6) is 0.323. The summed E-state index contributed by atoms with van der Waals surface area (Å²) in [5, 5.41) is 1.15. The lowest BCUT2D eigenvalue weighted by Gasteiger charge is -2.09. The fraction of sp³-hybridized carbons (Fsp3) is 0.143. The minimum atomic E-state index is -1.20. The molecule has 0 fully saturated rings.